The average molecular weight is 517 g/mol. The number of aromatic nitrogens is 3. The molecule has 2 aromatic heterocycles. The SMILES string of the molecule is COc1c(C(C)(C)C)cc(-c2cccc(C3CCN(C(=O)Cn4cc(C)nc4C)CC3)n2)cc1C(C)(C)C. The van der Waals surface area contributed by atoms with E-state index in [1.165, 1.54) is 11.1 Å². The van der Waals surface area contributed by atoms with Crippen LogP contribution in [-0.2, 0) is 22.2 Å². The van der Waals surface area contributed by atoms with Gasteiger partial charge >= 0.3 is 0 Å². The van der Waals surface area contributed by atoms with E-state index in [4.69, 9.17) is 9.72 Å². The third kappa shape index (κ3) is 5.95. The van der Waals surface area contributed by atoms with Crippen molar-refractivity contribution in [3.05, 3.63) is 64.9 Å². The fraction of sp³-hybridized carbons (Fsp3) is 0.531. The molecule has 0 N–H and O–H groups in total. The van der Waals surface area contributed by atoms with Crippen molar-refractivity contribution in [1.29, 1.82) is 0 Å². The maximum Gasteiger partial charge on any atom is 0.242 e. The summed E-state index contributed by atoms with van der Waals surface area (Å²) in [4.78, 5) is 24.5. The summed E-state index contributed by atoms with van der Waals surface area (Å²) in [6.07, 6.45) is 3.80. The second-order valence-electron chi connectivity index (χ2n) is 12.8. The highest BCUT2D eigenvalue weighted by molar-refractivity contribution is 5.76. The van der Waals surface area contributed by atoms with Gasteiger partial charge in [0.05, 0.1) is 18.5 Å². The molecular formula is C32H44N4O2. The molecule has 0 bridgehead atoms. The number of rotatable bonds is 5. The van der Waals surface area contributed by atoms with E-state index in [0.717, 1.165) is 60.2 Å². The molecular weight excluding hydrogens is 472 g/mol. The molecule has 6 nitrogen and oxygen atoms in total. The second kappa shape index (κ2) is 10.5. The summed E-state index contributed by atoms with van der Waals surface area (Å²) in [7, 11) is 1.77. The molecule has 3 aromatic rings. The molecule has 0 atom stereocenters. The first-order chi connectivity index (χ1) is 17.8. The van der Waals surface area contributed by atoms with Crippen molar-refractivity contribution >= 4 is 5.91 Å². The van der Waals surface area contributed by atoms with Gasteiger partial charge in [0.15, 0.2) is 0 Å². The van der Waals surface area contributed by atoms with Gasteiger partial charge in [-0.1, -0.05) is 47.6 Å². The molecule has 0 radical (unpaired) electrons. The minimum atomic E-state index is -0.0632. The lowest BCUT2D eigenvalue weighted by Crippen LogP contribution is -2.39. The molecule has 1 amide bonds. The van der Waals surface area contributed by atoms with Crippen molar-refractivity contribution in [3.8, 4) is 17.0 Å². The lowest BCUT2D eigenvalue weighted by Gasteiger charge is -2.32. The summed E-state index contributed by atoms with van der Waals surface area (Å²) in [6.45, 7) is 19.2. The quantitative estimate of drug-likeness (QED) is 0.385. The first-order valence-corrected chi connectivity index (χ1v) is 13.8. The first kappa shape index (κ1) is 27.9. The predicted octanol–water partition coefficient (Wildman–Crippen LogP) is 6.57. The van der Waals surface area contributed by atoms with E-state index in [-0.39, 0.29) is 16.7 Å². The van der Waals surface area contributed by atoms with Crippen molar-refractivity contribution in [2.45, 2.75) is 91.5 Å². The monoisotopic (exact) mass is 516 g/mol. The van der Waals surface area contributed by atoms with Crippen molar-refractivity contribution < 1.29 is 9.53 Å². The van der Waals surface area contributed by atoms with Gasteiger partial charge in [-0.05, 0) is 61.8 Å². The Labute approximate surface area is 228 Å². The molecule has 1 aliphatic heterocycles. The molecule has 1 aromatic carbocycles. The molecule has 0 aliphatic carbocycles. The van der Waals surface area contributed by atoms with E-state index >= 15 is 0 Å². The zero-order valence-corrected chi connectivity index (χ0v) is 24.7. The molecule has 0 saturated carbocycles. The molecule has 38 heavy (non-hydrogen) atoms. The number of likely N-dealkylation sites (tertiary alicyclic amines) is 1. The van der Waals surface area contributed by atoms with E-state index in [0.29, 0.717) is 12.5 Å². The maximum atomic E-state index is 12.9. The zero-order valence-electron chi connectivity index (χ0n) is 24.7. The molecule has 1 aliphatic rings. The van der Waals surface area contributed by atoms with Gasteiger partial charge in [-0.2, -0.15) is 0 Å². The highest BCUT2D eigenvalue weighted by Crippen LogP contribution is 2.42. The first-order valence-electron chi connectivity index (χ1n) is 13.8. The van der Waals surface area contributed by atoms with Gasteiger partial charge in [-0.3, -0.25) is 9.78 Å². The summed E-state index contributed by atoms with van der Waals surface area (Å²) in [6, 6.07) is 10.9. The maximum absolute atomic E-state index is 12.9. The van der Waals surface area contributed by atoms with E-state index in [1.807, 2.05) is 29.5 Å². The Kier molecular flexibility index (Phi) is 7.74. The van der Waals surface area contributed by atoms with E-state index in [2.05, 4.69) is 76.9 Å². The van der Waals surface area contributed by atoms with Crippen LogP contribution in [-0.4, -0.2) is 45.5 Å². The van der Waals surface area contributed by atoms with E-state index in [1.54, 1.807) is 7.11 Å². The Morgan fingerprint density at radius 2 is 1.58 bits per heavy atom. The standard InChI is InChI=1S/C32H44N4O2/c1-21-19-36(22(2)33-21)20-29(37)35-15-13-23(14-16-35)27-11-10-12-28(34-27)24-17-25(31(3,4)5)30(38-9)26(18-24)32(6,7)8/h10-12,17-19,23H,13-16,20H2,1-9H3. The number of benzene rings is 1. The van der Waals surface area contributed by atoms with Crippen molar-refractivity contribution in [1.82, 2.24) is 19.4 Å². The largest absolute Gasteiger partial charge is 0.496 e. The number of nitrogens with zero attached hydrogens (tertiary/aromatic N) is 4. The number of carbonyl (C=O) groups is 1. The molecule has 1 saturated heterocycles. The van der Waals surface area contributed by atoms with Crippen LogP contribution in [0.4, 0.5) is 0 Å². The van der Waals surface area contributed by atoms with E-state index < -0.39 is 0 Å². The number of carbonyl (C=O) groups excluding carboxylic acids is 1. The lowest BCUT2D eigenvalue weighted by molar-refractivity contribution is -0.132. The summed E-state index contributed by atoms with van der Waals surface area (Å²) in [5.74, 6) is 2.37. The zero-order chi connectivity index (χ0) is 27.8. The van der Waals surface area contributed by atoms with Crippen LogP contribution in [0, 0.1) is 13.8 Å². The number of piperidine rings is 1. The number of ether oxygens (including phenoxy) is 1. The van der Waals surface area contributed by atoms with Crippen LogP contribution in [0.1, 0.15) is 88.6 Å². The fourth-order valence-corrected chi connectivity index (χ4v) is 5.45. The Bertz CT molecular complexity index is 1270. The summed E-state index contributed by atoms with van der Waals surface area (Å²) in [5, 5.41) is 0. The normalized spacial score (nSPS) is 15.1. The number of imidazole rings is 1. The van der Waals surface area contributed by atoms with Gasteiger partial charge in [-0.25, -0.2) is 4.98 Å². The van der Waals surface area contributed by atoms with Crippen LogP contribution in [0.15, 0.2) is 36.5 Å². The van der Waals surface area contributed by atoms with Crippen LogP contribution in [0.3, 0.4) is 0 Å². The number of hydrogen-bond donors (Lipinski definition) is 0. The van der Waals surface area contributed by atoms with Crippen LogP contribution >= 0.6 is 0 Å². The summed E-state index contributed by atoms with van der Waals surface area (Å²) >= 11 is 0. The Hall–Kier alpha value is -3.15. The van der Waals surface area contributed by atoms with Gasteiger partial charge in [0.1, 0.15) is 18.1 Å². The molecule has 4 rings (SSSR count). The third-order valence-electron chi connectivity index (χ3n) is 7.64. The Morgan fingerprint density at radius 3 is 2.08 bits per heavy atom. The molecule has 0 spiro atoms. The fourth-order valence-electron chi connectivity index (χ4n) is 5.45. The second-order valence-corrected chi connectivity index (χ2v) is 12.8. The summed E-state index contributed by atoms with van der Waals surface area (Å²) < 4.78 is 7.90. The average Bonchev–Trinajstić information content (AvgIpc) is 3.18. The third-order valence-corrected chi connectivity index (χ3v) is 7.64. The Morgan fingerprint density at radius 1 is 0.974 bits per heavy atom. The number of amides is 1. The smallest absolute Gasteiger partial charge is 0.242 e. The van der Waals surface area contributed by atoms with Gasteiger partial charge < -0.3 is 14.2 Å². The van der Waals surface area contributed by atoms with Crippen molar-refractivity contribution in [3.63, 3.8) is 0 Å². The van der Waals surface area contributed by atoms with Gasteiger partial charge in [0.2, 0.25) is 5.91 Å². The summed E-state index contributed by atoms with van der Waals surface area (Å²) in [5.41, 5.74) is 6.45. The van der Waals surface area contributed by atoms with Crippen LogP contribution in [0.5, 0.6) is 5.75 Å². The topological polar surface area (TPSA) is 60.2 Å². The number of methoxy groups -OCH3 is 1. The van der Waals surface area contributed by atoms with Crippen LogP contribution in [0.25, 0.3) is 11.3 Å². The van der Waals surface area contributed by atoms with E-state index in [9.17, 15) is 4.79 Å². The number of pyridine rings is 1. The van der Waals surface area contributed by atoms with Gasteiger partial charge in [0, 0.05) is 47.6 Å². The number of aryl methyl sites for hydroxylation is 2. The van der Waals surface area contributed by atoms with Crippen molar-refractivity contribution in [2.75, 3.05) is 20.2 Å². The molecule has 0 unspecified atom stereocenters. The highest BCUT2D eigenvalue weighted by Gasteiger charge is 2.29. The minimum absolute atomic E-state index is 0.0632. The van der Waals surface area contributed by atoms with Gasteiger partial charge in [0.25, 0.3) is 0 Å². The Balaban J connectivity index is 1.55. The van der Waals surface area contributed by atoms with Crippen molar-refractivity contribution in [2.24, 2.45) is 0 Å². The molecule has 204 valence electrons. The minimum Gasteiger partial charge on any atom is -0.496 e. The predicted molar refractivity (Wildman–Crippen MR) is 154 cm³/mol. The molecule has 1 fully saturated rings. The lowest BCUT2D eigenvalue weighted by atomic mass is 9.78. The van der Waals surface area contributed by atoms with Crippen LogP contribution < -0.4 is 4.74 Å². The molecule has 6 heteroatoms. The number of hydrogen-bond acceptors (Lipinski definition) is 4. The highest BCUT2D eigenvalue weighted by atomic mass is 16.5. The van der Waals surface area contributed by atoms with Crippen LogP contribution in [0.2, 0.25) is 0 Å². The molecule has 3 heterocycles. The van der Waals surface area contributed by atoms with Gasteiger partial charge in [-0.15, -0.1) is 0 Å².